The van der Waals surface area contributed by atoms with Crippen molar-refractivity contribution < 1.29 is 4.79 Å². The first kappa shape index (κ1) is 16.5. The van der Waals surface area contributed by atoms with Gasteiger partial charge in [-0.05, 0) is 30.6 Å². The highest BCUT2D eigenvalue weighted by molar-refractivity contribution is 5.99. The molecule has 2 rings (SSSR count). The minimum atomic E-state index is -0.648. The Labute approximate surface area is 134 Å². The van der Waals surface area contributed by atoms with Crippen molar-refractivity contribution in [2.75, 3.05) is 5.73 Å². The van der Waals surface area contributed by atoms with Crippen LogP contribution in [0, 0.1) is 0 Å². The predicted molar refractivity (Wildman–Crippen MR) is 91.8 cm³/mol. The Morgan fingerprint density at radius 3 is 2.61 bits per heavy atom. The van der Waals surface area contributed by atoms with Crippen LogP contribution in [0.2, 0.25) is 0 Å². The number of aryl methyl sites for hydroxylation is 1. The molecule has 0 saturated heterocycles. The van der Waals surface area contributed by atoms with Crippen LogP contribution in [-0.2, 0) is 6.42 Å². The molecule has 23 heavy (non-hydrogen) atoms. The zero-order valence-electron chi connectivity index (χ0n) is 13.4. The first-order chi connectivity index (χ1) is 10.9. The quantitative estimate of drug-likeness (QED) is 0.751. The first-order valence-electron chi connectivity index (χ1n) is 7.34. The van der Waals surface area contributed by atoms with Crippen molar-refractivity contribution >= 4 is 23.7 Å². The van der Waals surface area contributed by atoms with E-state index in [1.165, 1.54) is 0 Å². The average Bonchev–Trinajstić information content (AvgIpc) is 2.88. The van der Waals surface area contributed by atoms with Gasteiger partial charge in [-0.3, -0.25) is 9.89 Å². The highest BCUT2D eigenvalue weighted by Crippen LogP contribution is 2.27. The summed E-state index contributed by atoms with van der Waals surface area (Å²) in [7, 11) is 0. The van der Waals surface area contributed by atoms with Gasteiger partial charge in [-0.1, -0.05) is 26.5 Å². The third-order valence-electron chi connectivity index (χ3n) is 3.53. The van der Waals surface area contributed by atoms with Gasteiger partial charge in [0.2, 0.25) is 0 Å². The van der Waals surface area contributed by atoms with Gasteiger partial charge in [0.05, 0.1) is 17.2 Å². The highest BCUT2D eigenvalue weighted by Gasteiger charge is 2.18. The van der Waals surface area contributed by atoms with Crippen LogP contribution in [0.3, 0.4) is 0 Å². The number of nitrogens with zero attached hydrogens (tertiary/aromatic N) is 2. The molecule has 0 aliphatic carbocycles. The second-order valence-corrected chi connectivity index (χ2v) is 5.46. The molecular formula is C17H21N5O. The number of H-pyrrole nitrogens is 1. The van der Waals surface area contributed by atoms with Crippen molar-refractivity contribution in [3.63, 3.8) is 0 Å². The number of nitrogen functional groups attached to an aromatic ring is 1. The lowest BCUT2D eigenvalue weighted by atomic mass is 9.95. The molecule has 0 aliphatic rings. The Kier molecular flexibility index (Phi) is 4.64. The van der Waals surface area contributed by atoms with E-state index in [2.05, 4.69) is 28.3 Å². The summed E-state index contributed by atoms with van der Waals surface area (Å²) in [5.74, 6) is -0.648. The van der Waals surface area contributed by atoms with E-state index in [9.17, 15) is 4.79 Å². The van der Waals surface area contributed by atoms with Gasteiger partial charge < -0.3 is 11.5 Å². The Bertz CT molecular complexity index is 879. The second-order valence-electron chi connectivity index (χ2n) is 5.46. The van der Waals surface area contributed by atoms with Gasteiger partial charge in [0, 0.05) is 16.5 Å². The molecular weight excluding hydrogens is 290 g/mol. The van der Waals surface area contributed by atoms with E-state index in [0.717, 1.165) is 34.9 Å². The number of aromatic nitrogens is 3. The smallest absolute Gasteiger partial charge is 0.269 e. The number of aromatic amines is 1. The highest BCUT2D eigenvalue weighted by atomic mass is 16.1. The van der Waals surface area contributed by atoms with Crippen molar-refractivity contribution in [1.82, 2.24) is 15.2 Å². The van der Waals surface area contributed by atoms with Crippen molar-refractivity contribution in [3.8, 4) is 0 Å². The zero-order valence-corrected chi connectivity index (χ0v) is 13.4. The number of rotatable bonds is 5. The zero-order chi connectivity index (χ0) is 17.1. The van der Waals surface area contributed by atoms with E-state index < -0.39 is 5.91 Å². The summed E-state index contributed by atoms with van der Waals surface area (Å²) >= 11 is 0. The topological polar surface area (TPSA) is 111 Å². The third-order valence-corrected chi connectivity index (χ3v) is 3.53. The average molecular weight is 311 g/mol. The Morgan fingerprint density at radius 1 is 1.43 bits per heavy atom. The van der Waals surface area contributed by atoms with Gasteiger partial charge in [-0.2, -0.15) is 5.10 Å². The number of carbonyl (C=O) groups excluding carboxylic acids is 1. The molecule has 2 aromatic rings. The van der Waals surface area contributed by atoms with E-state index in [1.807, 2.05) is 19.9 Å². The Morgan fingerprint density at radius 2 is 2.13 bits per heavy atom. The summed E-state index contributed by atoms with van der Waals surface area (Å²) in [6.45, 7) is 11.9. The third kappa shape index (κ3) is 3.15. The molecule has 0 spiro atoms. The minimum Gasteiger partial charge on any atom is -0.396 e. The summed E-state index contributed by atoms with van der Waals surface area (Å²) < 4.78 is 0. The van der Waals surface area contributed by atoms with E-state index >= 15 is 0 Å². The number of carbonyl (C=O) groups is 1. The standard InChI is InChI=1S/C17H21N5O/c1-5-6-11-7-12(15(18)16(21-11)17(19)23)14(9(2)3)13-8-20-22-10(13)4/h7-8,22H,2,4-6,18H2,1,3H3,(H2,19,23)/b14-13+. The molecule has 0 radical (unpaired) electrons. The monoisotopic (exact) mass is 311 g/mol. The van der Waals surface area contributed by atoms with Gasteiger partial charge in [0.1, 0.15) is 0 Å². The van der Waals surface area contributed by atoms with Gasteiger partial charge in [-0.25, -0.2) is 4.98 Å². The molecule has 0 aromatic carbocycles. The first-order valence-corrected chi connectivity index (χ1v) is 7.34. The molecule has 6 nitrogen and oxygen atoms in total. The predicted octanol–water partition coefficient (Wildman–Crippen LogP) is 0.624. The number of allylic oxidation sites excluding steroid dienone is 1. The number of pyridine rings is 1. The van der Waals surface area contributed by atoms with Gasteiger partial charge >= 0.3 is 0 Å². The molecule has 2 heterocycles. The number of hydrogen-bond acceptors (Lipinski definition) is 4. The van der Waals surface area contributed by atoms with E-state index in [4.69, 9.17) is 11.5 Å². The minimum absolute atomic E-state index is 0.0822. The fraction of sp³-hybridized carbons (Fsp3) is 0.235. The number of nitrogens with two attached hydrogens (primary N) is 2. The molecule has 0 fully saturated rings. The lowest BCUT2D eigenvalue weighted by molar-refractivity contribution is 0.0996. The molecule has 0 unspecified atom stereocenters. The fourth-order valence-corrected chi connectivity index (χ4v) is 2.52. The largest absolute Gasteiger partial charge is 0.396 e. The van der Waals surface area contributed by atoms with Gasteiger partial charge in [0.25, 0.3) is 5.91 Å². The van der Waals surface area contributed by atoms with Crippen molar-refractivity contribution in [1.29, 1.82) is 0 Å². The van der Waals surface area contributed by atoms with Crippen LogP contribution in [0.4, 0.5) is 5.69 Å². The molecule has 0 bridgehead atoms. The number of hydrogen-bond donors (Lipinski definition) is 3. The maximum atomic E-state index is 11.7. The number of nitrogens with one attached hydrogen (secondary N) is 1. The van der Waals surface area contributed by atoms with Crippen LogP contribution in [0.25, 0.3) is 12.2 Å². The van der Waals surface area contributed by atoms with Crippen LogP contribution in [0.15, 0.2) is 24.4 Å². The lowest BCUT2D eigenvalue weighted by Gasteiger charge is -2.14. The fourth-order valence-electron chi connectivity index (χ4n) is 2.52. The van der Waals surface area contributed by atoms with Crippen LogP contribution in [-0.4, -0.2) is 21.1 Å². The lowest BCUT2D eigenvalue weighted by Crippen LogP contribution is -2.25. The molecule has 6 heteroatoms. The van der Waals surface area contributed by atoms with E-state index in [-0.39, 0.29) is 11.4 Å². The van der Waals surface area contributed by atoms with E-state index in [1.54, 1.807) is 6.20 Å². The van der Waals surface area contributed by atoms with Crippen molar-refractivity contribution in [3.05, 3.63) is 51.9 Å². The molecule has 120 valence electrons. The summed E-state index contributed by atoms with van der Waals surface area (Å²) in [5, 5.41) is 8.23. The van der Waals surface area contributed by atoms with E-state index in [0.29, 0.717) is 10.9 Å². The molecule has 5 N–H and O–H groups in total. The van der Waals surface area contributed by atoms with Crippen LogP contribution in [0.5, 0.6) is 0 Å². The second kappa shape index (κ2) is 6.48. The molecule has 0 saturated carbocycles. The summed E-state index contributed by atoms with van der Waals surface area (Å²) in [5.41, 5.74) is 14.9. The Hall–Kier alpha value is -2.89. The maximum absolute atomic E-state index is 11.7. The van der Waals surface area contributed by atoms with Crippen LogP contribution in [0.1, 0.15) is 42.0 Å². The molecule has 0 atom stereocenters. The number of anilines is 1. The maximum Gasteiger partial charge on any atom is 0.269 e. The number of primary amides is 1. The van der Waals surface area contributed by atoms with Crippen LogP contribution >= 0.6 is 0 Å². The summed E-state index contributed by atoms with van der Waals surface area (Å²) in [4.78, 5) is 16.0. The molecule has 1 amide bonds. The van der Waals surface area contributed by atoms with Gasteiger partial charge in [-0.15, -0.1) is 0 Å². The molecule has 2 aromatic heterocycles. The van der Waals surface area contributed by atoms with Crippen molar-refractivity contribution in [2.45, 2.75) is 26.7 Å². The summed E-state index contributed by atoms with van der Waals surface area (Å²) in [6, 6.07) is 1.88. The Balaban J connectivity index is 2.90. The van der Waals surface area contributed by atoms with Crippen molar-refractivity contribution in [2.24, 2.45) is 5.73 Å². The van der Waals surface area contributed by atoms with Crippen LogP contribution < -0.4 is 22.0 Å². The molecule has 0 aliphatic heterocycles. The number of amides is 1. The normalized spacial score (nSPS) is 12.1. The van der Waals surface area contributed by atoms with Gasteiger partial charge in [0.15, 0.2) is 5.69 Å². The summed E-state index contributed by atoms with van der Waals surface area (Å²) in [6.07, 6.45) is 3.28. The SMILES string of the molecule is C=C(C)/C(c1cc(CCC)nc(C(N)=O)c1N)=c1/cn[nH]c1=C.